The Balaban J connectivity index is 1.92. The van der Waals surface area contributed by atoms with E-state index in [1.54, 1.807) is 0 Å². The molecule has 2 atom stereocenters. The summed E-state index contributed by atoms with van der Waals surface area (Å²) in [6.07, 6.45) is 0.264. The van der Waals surface area contributed by atoms with E-state index in [9.17, 15) is 18.0 Å². The number of amides is 1. The largest absolute Gasteiger partial charge is 0.446 e. The maximum atomic E-state index is 12.4. The lowest BCUT2D eigenvalue weighted by atomic mass is 10.00. The van der Waals surface area contributed by atoms with Gasteiger partial charge >= 0.3 is 5.51 Å². The van der Waals surface area contributed by atoms with Gasteiger partial charge in [0.15, 0.2) is 0 Å². The van der Waals surface area contributed by atoms with Crippen molar-refractivity contribution in [2.45, 2.75) is 55.8 Å². The fourth-order valence-corrected chi connectivity index (χ4v) is 3.53. The van der Waals surface area contributed by atoms with Crippen molar-refractivity contribution in [1.29, 1.82) is 0 Å². The summed E-state index contributed by atoms with van der Waals surface area (Å²) < 4.78 is 42.8. The first kappa shape index (κ1) is 21.1. The summed E-state index contributed by atoms with van der Waals surface area (Å²) >= 11 is -0.192. The Hall–Kier alpha value is -1.25. The number of nitrogens with zero attached hydrogens (tertiary/aromatic N) is 1. The predicted molar refractivity (Wildman–Crippen MR) is 96.3 cm³/mol. The number of rotatable bonds is 5. The lowest BCUT2D eigenvalue weighted by Crippen LogP contribution is -2.58. The van der Waals surface area contributed by atoms with Gasteiger partial charge in [-0.25, -0.2) is 0 Å². The molecular weight excluding hydrogens is 365 g/mol. The van der Waals surface area contributed by atoms with Crippen molar-refractivity contribution in [2.24, 2.45) is 0 Å². The number of hydrogen-bond acceptors (Lipinski definition) is 4. The molecule has 1 fully saturated rings. The third kappa shape index (κ3) is 6.17. The van der Waals surface area contributed by atoms with Gasteiger partial charge in [-0.05, 0) is 63.7 Å². The number of benzene rings is 1. The van der Waals surface area contributed by atoms with Crippen LogP contribution < -0.4 is 5.32 Å². The zero-order chi connectivity index (χ0) is 19.5. The van der Waals surface area contributed by atoms with Crippen molar-refractivity contribution in [3.8, 4) is 0 Å². The predicted octanol–water partition coefficient (Wildman–Crippen LogP) is 3.92. The highest BCUT2D eigenvalue weighted by Gasteiger charge is 2.33. The smallest absolute Gasteiger partial charge is 0.373 e. The summed E-state index contributed by atoms with van der Waals surface area (Å²) in [4.78, 5) is 14.7. The molecule has 26 heavy (non-hydrogen) atoms. The second kappa shape index (κ2) is 8.19. The molecule has 0 spiro atoms. The standard InChI is InChI=1S/C18H25F3N2O2S/c1-12-9-23(10-13(2)25-12)17(3,4)11-22-16(24)14-5-7-15(8-6-14)26-18(19,20)21/h5-8,12-13H,9-11H2,1-4H3,(H,22,24)/t12-,13-/m1/s1. The van der Waals surface area contributed by atoms with Crippen molar-refractivity contribution in [2.75, 3.05) is 19.6 Å². The number of carbonyl (C=O) groups excluding carboxylic acids is 1. The first-order chi connectivity index (χ1) is 12.0. The first-order valence-electron chi connectivity index (χ1n) is 8.51. The molecule has 1 aliphatic rings. The Labute approximate surface area is 156 Å². The summed E-state index contributed by atoms with van der Waals surface area (Å²) in [5.74, 6) is -0.295. The minimum Gasteiger partial charge on any atom is -0.373 e. The van der Waals surface area contributed by atoms with E-state index in [1.165, 1.54) is 24.3 Å². The SMILES string of the molecule is C[C@@H]1CN(C(C)(C)CNC(=O)c2ccc(SC(F)(F)F)cc2)C[C@@H](C)O1. The minimum atomic E-state index is -4.33. The van der Waals surface area contributed by atoms with Crippen LogP contribution in [0.1, 0.15) is 38.1 Å². The Morgan fingerprint density at radius 1 is 1.19 bits per heavy atom. The molecule has 0 bridgehead atoms. The van der Waals surface area contributed by atoms with Crippen molar-refractivity contribution in [3.05, 3.63) is 29.8 Å². The van der Waals surface area contributed by atoms with Gasteiger partial charge in [0.05, 0.1) is 12.2 Å². The maximum absolute atomic E-state index is 12.4. The van der Waals surface area contributed by atoms with E-state index in [2.05, 4.69) is 24.1 Å². The lowest BCUT2D eigenvalue weighted by molar-refractivity contribution is -0.0948. The van der Waals surface area contributed by atoms with Crippen LogP contribution in [0.15, 0.2) is 29.2 Å². The number of morpholine rings is 1. The van der Waals surface area contributed by atoms with Gasteiger partial charge in [-0.3, -0.25) is 9.69 Å². The van der Waals surface area contributed by atoms with E-state index in [0.29, 0.717) is 12.1 Å². The highest BCUT2D eigenvalue weighted by molar-refractivity contribution is 8.00. The number of alkyl halides is 3. The summed E-state index contributed by atoms with van der Waals surface area (Å²) in [7, 11) is 0. The van der Waals surface area contributed by atoms with Gasteiger partial charge in [0.1, 0.15) is 0 Å². The molecule has 0 saturated carbocycles. The molecule has 1 heterocycles. The Morgan fingerprint density at radius 2 is 1.73 bits per heavy atom. The molecule has 0 unspecified atom stereocenters. The van der Waals surface area contributed by atoms with E-state index in [0.717, 1.165) is 13.1 Å². The van der Waals surface area contributed by atoms with E-state index < -0.39 is 5.51 Å². The molecule has 1 aromatic rings. The van der Waals surface area contributed by atoms with Crippen LogP contribution >= 0.6 is 11.8 Å². The van der Waals surface area contributed by atoms with Crippen molar-refractivity contribution in [3.63, 3.8) is 0 Å². The molecule has 146 valence electrons. The highest BCUT2D eigenvalue weighted by atomic mass is 32.2. The van der Waals surface area contributed by atoms with E-state index >= 15 is 0 Å². The van der Waals surface area contributed by atoms with Gasteiger partial charge in [-0.15, -0.1) is 0 Å². The summed E-state index contributed by atoms with van der Waals surface area (Å²) in [5, 5.41) is 2.88. The van der Waals surface area contributed by atoms with E-state index in [1.807, 2.05) is 13.8 Å². The zero-order valence-corrected chi connectivity index (χ0v) is 16.2. The topological polar surface area (TPSA) is 41.6 Å². The number of carbonyl (C=O) groups is 1. The summed E-state index contributed by atoms with van der Waals surface area (Å²) in [6, 6.07) is 5.44. The number of hydrogen-bond donors (Lipinski definition) is 1. The van der Waals surface area contributed by atoms with E-state index in [-0.39, 0.29) is 40.3 Å². The molecular formula is C18H25F3N2O2S. The third-order valence-corrected chi connectivity index (χ3v) is 5.05. The molecule has 1 aromatic carbocycles. The van der Waals surface area contributed by atoms with Crippen molar-refractivity contribution in [1.82, 2.24) is 10.2 Å². The Morgan fingerprint density at radius 3 is 2.23 bits per heavy atom. The van der Waals surface area contributed by atoms with Crippen LogP contribution in [0.25, 0.3) is 0 Å². The normalized spacial score (nSPS) is 22.3. The van der Waals surface area contributed by atoms with Crippen LogP contribution in [0.4, 0.5) is 13.2 Å². The molecule has 2 rings (SSSR count). The van der Waals surface area contributed by atoms with Crippen LogP contribution in [-0.2, 0) is 4.74 Å². The first-order valence-corrected chi connectivity index (χ1v) is 9.32. The molecule has 0 aliphatic carbocycles. The number of nitrogens with one attached hydrogen (secondary N) is 1. The van der Waals surface area contributed by atoms with Gasteiger partial charge in [0, 0.05) is 35.6 Å². The van der Waals surface area contributed by atoms with E-state index in [4.69, 9.17) is 4.74 Å². The fourth-order valence-electron chi connectivity index (χ4n) is 2.99. The second-order valence-electron chi connectivity index (χ2n) is 7.23. The molecule has 0 aromatic heterocycles. The van der Waals surface area contributed by atoms with Crippen LogP contribution in [-0.4, -0.2) is 53.7 Å². The molecule has 0 radical (unpaired) electrons. The van der Waals surface area contributed by atoms with Gasteiger partial charge in [0.25, 0.3) is 5.91 Å². The molecule has 1 saturated heterocycles. The zero-order valence-electron chi connectivity index (χ0n) is 15.4. The van der Waals surface area contributed by atoms with Gasteiger partial charge in [-0.1, -0.05) is 0 Å². The summed E-state index contributed by atoms with van der Waals surface area (Å²) in [5.41, 5.74) is -4.25. The summed E-state index contributed by atoms with van der Waals surface area (Å²) in [6.45, 7) is 10.2. The van der Waals surface area contributed by atoms with Gasteiger partial charge in [0.2, 0.25) is 0 Å². The number of halogens is 3. The molecule has 1 aliphatic heterocycles. The Kier molecular flexibility index (Phi) is 6.63. The second-order valence-corrected chi connectivity index (χ2v) is 8.37. The fraction of sp³-hybridized carbons (Fsp3) is 0.611. The van der Waals surface area contributed by atoms with Crippen molar-refractivity contribution < 1.29 is 22.7 Å². The van der Waals surface area contributed by atoms with Gasteiger partial charge < -0.3 is 10.1 Å². The third-order valence-electron chi connectivity index (χ3n) is 4.31. The maximum Gasteiger partial charge on any atom is 0.446 e. The molecule has 1 amide bonds. The quantitative estimate of drug-likeness (QED) is 0.774. The van der Waals surface area contributed by atoms with Crippen LogP contribution in [0.5, 0.6) is 0 Å². The molecule has 4 nitrogen and oxygen atoms in total. The Bertz CT molecular complexity index is 610. The average molecular weight is 390 g/mol. The van der Waals surface area contributed by atoms with Crippen molar-refractivity contribution >= 4 is 17.7 Å². The number of thioether (sulfide) groups is 1. The lowest BCUT2D eigenvalue weighted by Gasteiger charge is -2.45. The highest BCUT2D eigenvalue weighted by Crippen LogP contribution is 2.36. The molecule has 8 heteroatoms. The van der Waals surface area contributed by atoms with Gasteiger partial charge in [-0.2, -0.15) is 13.2 Å². The molecule has 1 N–H and O–H groups in total. The number of ether oxygens (including phenoxy) is 1. The monoisotopic (exact) mass is 390 g/mol. The minimum absolute atomic E-state index is 0.0608. The van der Waals surface area contributed by atoms with Crippen LogP contribution in [0, 0.1) is 0 Å². The van der Waals surface area contributed by atoms with Crippen LogP contribution in [0.2, 0.25) is 0 Å². The van der Waals surface area contributed by atoms with Crippen LogP contribution in [0.3, 0.4) is 0 Å². The average Bonchev–Trinajstić information content (AvgIpc) is 2.51.